The van der Waals surface area contributed by atoms with Gasteiger partial charge < -0.3 is 4.74 Å². The number of benzene rings is 1. The maximum Gasteiger partial charge on any atom is 0.338 e. The monoisotopic (exact) mass is 420 g/mol. The summed E-state index contributed by atoms with van der Waals surface area (Å²) in [5.74, 6) is 3.93. The van der Waals surface area contributed by atoms with Gasteiger partial charge >= 0.3 is 5.97 Å². The van der Waals surface area contributed by atoms with Gasteiger partial charge in [-0.1, -0.05) is 25.1 Å². The lowest BCUT2D eigenvalue weighted by Gasteiger charge is -2.61. The van der Waals surface area contributed by atoms with E-state index in [1.807, 2.05) is 30.3 Å². The van der Waals surface area contributed by atoms with Gasteiger partial charge in [-0.3, -0.25) is 4.79 Å². The van der Waals surface area contributed by atoms with Gasteiger partial charge in [-0.2, -0.15) is 0 Å². The summed E-state index contributed by atoms with van der Waals surface area (Å²) in [4.78, 5) is 25.1. The van der Waals surface area contributed by atoms with E-state index in [2.05, 4.69) is 6.92 Å². The average Bonchev–Trinajstić information content (AvgIpc) is 3.32. The van der Waals surface area contributed by atoms with Crippen LogP contribution in [0, 0.1) is 40.4 Å². The van der Waals surface area contributed by atoms with Gasteiger partial charge in [0.15, 0.2) is 0 Å². The van der Waals surface area contributed by atoms with Gasteiger partial charge in [-0.25, -0.2) is 4.79 Å². The molecular weight excluding hydrogens is 384 g/mol. The van der Waals surface area contributed by atoms with Crippen molar-refractivity contribution in [1.82, 2.24) is 0 Å². The van der Waals surface area contributed by atoms with Gasteiger partial charge in [-0.15, -0.1) is 0 Å². The number of ether oxygens (including phenoxy) is 1. The van der Waals surface area contributed by atoms with Crippen LogP contribution in [0.4, 0.5) is 0 Å². The standard InChI is InChI=1S/C28H36O3/c1-27-14-11-20(31-26(30)18-5-3-2-4-6-18)17-19(27)7-8-21-22(27)12-15-28-16-13-25(29)24(28)10-9-23(21)28/h2-6,19-24H,7-17H2,1H3/t19-,20+,21+,22-,23-,24+,27-,28+/m0/s1. The summed E-state index contributed by atoms with van der Waals surface area (Å²) in [5.41, 5.74) is 1.43. The maximum atomic E-state index is 12.6. The summed E-state index contributed by atoms with van der Waals surface area (Å²) >= 11 is 0. The zero-order chi connectivity index (χ0) is 21.2. The molecule has 5 aliphatic carbocycles. The predicted octanol–water partition coefficient (Wildman–Crippen LogP) is 6.21. The minimum atomic E-state index is -0.162. The van der Waals surface area contributed by atoms with E-state index in [1.54, 1.807) is 0 Å². The number of Topliss-reactive ketones (excluding diaryl/α,β-unsaturated/α-hetero) is 1. The molecule has 0 amide bonds. The Bertz CT molecular complexity index is 878. The molecule has 0 unspecified atom stereocenters. The zero-order valence-corrected chi connectivity index (χ0v) is 18.9. The van der Waals surface area contributed by atoms with E-state index >= 15 is 0 Å². The number of esters is 1. The predicted molar refractivity (Wildman–Crippen MR) is 119 cm³/mol. The van der Waals surface area contributed by atoms with Crippen LogP contribution >= 0.6 is 0 Å². The van der Waals surface area contributed by atoms with Crippen molar-refractivity contribution in [3.8, 4) is 0 Å². The Labute approximate surface area is 186 Å². The second-order valence-corrected chi connectivity index (χ2v) is 11.7. The number of hydrogen-bond donors (Lipinski definition) is 0. The normalized spacial score (nSPS) is 45.9. The number of fused-ring (bicyclic) bond motifs is 4. The second-order valence-electron chi connectivity index (χ2n) is 11.7. The van der Waals surface area contributed by atoms with Crippen LogP contribution in [0.15, 0.2) is 30.3 Å². The molecule has 0 radical (unpaired) electrons. The minimum absolute atomic E-state index is 0.0700. The maximum absolute atomic E-state index is 12.6. The lowest BCUT2D eigenvalue weighted by molar-refractivity contribution is -0.134. The van der Waals surface area contributed by atoms with Crippen LogP contribution in [-0.2, 0) is 9.53 Å². The Hall–Kier alpha value is -1.64. The molecule has 31 heavy (non-hydrogen) atoms. The highest BCUT2D eigenvalue weighted by atomic mass is 16.5. The molecule has 0 heterocycles. The summed E-state index contributed by atoms with van der Waals surface area (Å²) in [7, 11) is 0. The lowest BCUT2D eigenvalue weighted by Crippen LogP contribution is -2.54. The van der Waals surface area contributed by atoms with E-state index < -0.39 is 0 Å². The first-order valence-electron chi connectivity index (χ1n) is 12.8. The van der Waals surface area contributed by atoms with Crippen LogP contribution in [0.5, 0.6) is 0 Å². The molecule has 8 atom stereocenters. The van der Waals surface area contributed by atoms with Crippen molar-refractivity contribution in [3.63, 3.8) is 0 Å². The van der Waals surface area contributed by atoms with Gasteiger partial charge in [0.05, 0.1) is 5.56 Å². The third-order valence-corrected chi connectivity index (χ3v) is 10.8. The van der Waals surface area contributed by atoms with Crippen molar-refractivity contribution < 1.29 is 14.3 Å². The molecule has 1 aromatic carbocycles. The Balaban J connectivity index is 1.17. The molecule has 6 rings (SSSR count). The summed E-state index contributed by atoms with van der Waals surface area (Å²) < 4.78 is 5.97. The van der Waals surface area contributed by atoms with Crippen molar-refractivity contribution in [2.24, 2.45) is 40.4 Å². The van der Waals surface area contributed by atoms with E-state index in [-0.39, 0.29) is 12.1 Å². The smallest absolute Gasteiger partial charge is 0.338 e. The van der Waals surface area contributed by atoms with E-state index in [9.17, 15) is 9.59 Å². The third-order valence-electron chi connectivity index (χ3n) is 10.8. The molecule has 0 bridgehead atoms. The Morgan fingerprint density at radius 3 is 2.61 bits per heavy atom. The molecule has 0 aromatic heterocycles. The molecule has 3 heteroatoms. The van der Waals surface area contributed by atoms with Crippen molar-refractivity contribution >= 4 is 11.8 Å². The molecule has 5 saturated carbocycles. The first-order chi connectivity index (χ1) is 15.0. The third kappa shape index (κ3) is 2.91. The highest BCUT2D eigenvalue weighted by Gasteiger charge is 2.64. The fourth-order valence-corrected chi connectivity index (χ4v) is 9.43. The quantitative estimate of drug-likeness (QED) is 0.534. The van der Waals surface area contributed by atoms with Gasteiger partial charge in [0, 0.05) is 12.3 Å². The van der Waals surface area contributed by atoms with Crippen molar-refractivity contribution in [2.45, 2.75) is 83.7 Å². The molecule has 3 nitrogen and oxygen atoms in total. The molecule has 1 spiro atoms. The summed E-state index contributed by atoms with van der Waals surface area (Å²) in [5, 5.41) is 0. The Morgan fingerprint density at radius 1 is 0.935 bits per heavy atom. The average molecular weight is 421 g/mol. The minimum Gasteiger partial charge on any atom is -0.459 e. The Kier molecular flexibility index (Phi) is 4.64. The van der Waals surface area contributed by atoms with Crippen molar-refractivity contribution in [3.05, 3.63) is 35.9 Å². The fourth-order valence-electron chi connectivity index (χ4n) is 9.43. The second kappa shape index (κ2) is 7.18. The number of carbonyl (C=O) groups excluding carboxylic acids is 2. The SMILES string of the molecule is C[C@]12CC[C@@H](OC(=O)c3ccccc3)C[C@@H]1CC[C@@H]1[C@@H]2CC[C@]23CCC(=O)[C@H]2CC[C@@H]13. The van der Waals surface area contributed by atoms with E-state index in [1.165, 1.54) is 51.4 Å². The molecule has 0 N–H and O–H groups in total. The molecule has 0 aliphatic heterocycles. The lowest BCUT2D eigenvalue weighted by atomic mass is 9.44. The summed E-state index contributed by atoms with van der Waals surface area (Å²) in [6, 6.07) is 9.43. The van der Waals surface area contributed by atoms with Gasteiger partial charge in [0.1, 0.15) is 11.9 Å². The largest absolute Gasteiger partial charge is 0.459 e. The highest BCUT2D eigenvalue weighted by Crippen LogP contribution is 2.70. The van der Waals surface area contributed by atoms with Gasteiger partial charge in [0.2, 0.25) is 0 Å². The van der Waals surface area contributed by atoms with Crippen LogP contribution in [0.25, 0.3) is 0 Å². The number of carbonyl (C=O) groups is 2. The number of hydrogen-bond acceptors (Lipinski definition) is 3. The van der Waals surface area contributed by atoms with E-state index in [0.29, 0.717) is 34.0 Å². The number of rotatable bonds is 2. The van der Waals surface area contributed by atoms with Crippen LogP contribution in [0.1, 0.15) is 87.9 Å². The molecule has 5 aliphatic rings. The summed E-state index contributed by atoms with van der Waals surface area (Å²) in [6.45, 7) is 2.56. The molecular formula is C28H36O3. The van der Waals surface area contributed by atoms with E-state index in [0.717, 1.165) is 37.0 Å². The number of ketones is 1. The molecule has 5 fully saturated rings. The topological polar surface area (TPSA) is 43.4 Å². The molecule has 1 aromatic rings. The van der Waals surface area contributed by atoms with Crippen molar-refractivity contribution in [2.75, 3.05) is 0 Å². The van der Waals surface area contributed by atoms with E-state index in [4.69, 9.17) is 4.74 Å². The first-order valence-corrected chi connectivity index (χ1v) is 12.8. The van der Waals surface area contributed by atoms with Crippen LogP contribution in [0.2, 0.25) is 0 Å². The molecule has 0 saturated heterocycles. The zero-order valence-electron chi connectivity index (χ0n) is 18.9. The first kappa shape index (κ1) is 20.0. The van der Waals surface area contributed by atoms with Crippen LogP contribution in [-0.4, -0.2) is 17.9 Å². The highest BCUT2D eigenvalue weighted by molar-refractivity contribution is 5.89. The summed E-state index contributed by atoms with van der Waals surface area (Å²) in [6.07, 6.45) is 13.0. The van der Waals surface area contributed by atoms with Gasteiger partial charge in [0.25, 0.3) is 0 Å². The fraction of sp³-hybridized carbons (Fsp3) is 0.714. The van der Waals surface area contributed by atoms with Gasteiger partial charge in [-0.05, 0) is 111 Å². The Morgan fingerprint density at radius 2 is 1.77 bits per heavy atom. The van der Waals surface area contributed by atoms with Crippen LogP contribution < -0.4 is 0 Å². The van der Waals surface area contributed by atoms with Crippen LogP contribution in [0.3, 0.4) is 0 Å². The van der Waals surface area contributed by atoms with Crippen molar-refractivity contribution in [1.29, 1.82) is 0 Å². The molecule has 166 valence electrons.